The summed E-state index contributed by atoms with van der Waals surface area (Å²) in [5, 5.41) is 11.9. The van der Waals surface area contributed by atoms with Crippen molar-refractivity contribution in [3.05, 3.63) is 47.2 Å². The van der Waals surface area contributed by atoms with E-state index in [0.29, 0.717) is 11.6 Å². The van der Waals surface area contributed by atoms with Gasteiger partial charge < -0.3 is 14.8 Å². The average molecular weight is 267 g/mol. The van der Waals surface area contributed by atoms with Crippen LogP contribution in [0.25, 0.3) is 11.3 Å². The topological polar surface area (TPSA) is 50.0 Å². The molecule has 0 saturated heterocycles. The van der Waals surface area contributed by atoms with E-state index in [0.717, 1.165) is 23.6 Å². The standard InChI is InChI=1S/C14H16ClNO2/c1-10(17)8-16-9-13-5-6-14(18-13)11-3-2-4-12(15)7-11/h2-7,10,16-17H,8-9H2,1H3/p+1/t10-/m0/s1. The molecule has 0 bridgehead atoms. The lowest BCUT2D eigenvalue weighted by Gasteiger charge is -2.01. The van der Waals surface area contributed by atoms with Crippen LogP contribution in [-0.4, -0.2) is 17.8 Å². The number of quaternary nitrogens is 1. The van der Waals surface area contributed by atoms with Gasteiger partial charge >= 0.3 is 0 Å². The molecule has 0 saturated carbocycles. The second kappa shape index (κ2) is 6.05. The number of nitrogens with two attached hydrogens (primary N) is 1. The Morgan fingerprint density at radius 3 is 2.89 bits per heavy atom. The molecule has 3 N–H and O–H groups in total. The first-order valence-electron chi connectivity index (χ1n) is 5.99. The summed E-state index contributed by atoms with van der Waals surface area (Å²) in [5.41, 5.74) is 0.976. The van der Waals surface area contributed by atoms with Crippen molar-refractivity contribution in [1.82, 2.24) is 0 Å². The van der Waals surface area contributed by atoms with Gasteiger partial charge in [-0.05, 0) is 31.2 Å². The SMILES string of the molecule is C[C@H](O)C[NH2+]Cc1ccc(-c2cccc(Cl)c2)o1. The molecule has 2 aromatic rings. The highest BCUT2D eigenvalue weighted by molar-refractivity contribution is 6.30. The summed E-state index contributed by atoms with van der Waals surface area (Å²) in [5.74, 6) is 1.71. The number of hydrogen-bond acceptors (Lipinski definition) is 2. The van der Waals surface area contributed by atoms with E-state index < -0.39 is 0 Å². The number of aliphatic hydroxyl groups excluding tert-OH is 1. The van der Waals surface area contributed by atoms with E-state index in [1.807, 2.05) is 41.7 Å². The molecule has 0 spiro atoms. The van der Waals surface area contributed by atoms with Crippen LogP contribution < -0.4 is 5.32 Å². The molecule has 4 heteroatoms. The van der Waals surface area contributed by atoms with Crippen LogP contribution in [0.5, 0.6) is 0 Å². The molecule has 0 unspecified atom stereocenters. The van der Waals surface area contributed by atoms with Crippen molar-refractivity contribution in [3.63, 3.8) is 0 Å². The zero-order valence-corrected chi connectivity index (χ0v) is 11.0. The molecule has 0 radical (unpaired) electrons. The molecule has 96 valence electrons. The first kappa shape index (κ1) is 13.1. The van der Waals surface area contributed by atoms with Gasteiger partial charge in [-0.2, -0.15) is 0 Å². The maximum absolute atomic E-state index is 9.17. The Morgan fingerprint density at radius 1 is 1.33 bits per heavy atom. The van der Waals surface area contributed by atoms with E-state index in [4.69, 9.17) is 21.1 Å². The van der Waals surface area contributed by atoms with E-state index >= 15 is 0 Å². The summed E-state index contributed by atoms with van der Waals surface area (Å²) in [6.07, 6.45) is -0.299. The van der Waals surface area contributed by atoms with E-state index in [9.17, 15) is 0 Å². The van der Waals surface area contributed by atoms with E-state index in [1.165, 1.54) is 0 Å². The predicted molar refractivity (Wildman–Crippen MR) is 71.3 cm³/mol. The third kappa shape index (κ3) is 3.60. The zero-order chi connectivity index (χ0) is 13.0. The molecule has 1 atom stereocenters. The van der Waals surface area contributed by atoms with Crippen molar-refractivity contribution in [2.24, 2.45) is 0 Å². The fourth-order valence-corrected chi connectivity index (χ4v) is 1.94. The lowest BCUT2D eigenvalue weighted by molar-refractivity contribution is -0.677. The fourth-order valence-electron chi connectivity index (χ4n) is 1.75. The van der Waals surface area contributed by atoms with Crippen LogP contribution >= 0.6 is 11.6 Å². The quantitative estimate of drug-likeness (QED) is 0.870. The van der Waals surface area contributed by atoms with Crippen LogP contribution in [0.1, 0.15) is 12.7 Å². The van der Waals surface area contributed by atoms with E-state index in [2.05, 4.69) is 0 Å². The van der Waals surface area contributed by atoms with Crippen LogP contribution in [0.4, 0.5) is 0 Å². The highest BCUT2D eigenvalue weighted by Crippen LogP contribution is 2.24. The van der Waals surface area contributed by atoms with Crippen molar-refractivity contribution in [3.8, 4) is 11.3 Å². The largest absolute Gasteiger partial charge is 0.455 e. The number of aliphatic hydroxyl groups is 1. The average Bonchev–Trinajstić information content (AvgIpc) is 2.77. The predicted octanol–water partition coefficient (Wildman–Crippen LogP) is 2.04. The minimum Gasteiger partial charge on any atom is -0.455 e. The lowest BCUT2D eigenvalue weighted by Crippen LogP contribution is -2.84. The molecule has 0 aliphatic heterocycles. The summed E-state index contributed by atoms with van der Waals surface area (Å²) in [7, 11) is 0. The molecule has 1 aromatic heterocycles. The summed E-state index contributed by atoms with van der Waals surface area (Å²) in [6, 6.07) is 11.5. The normalized spacial score (nSPS) is 12.6. The highest BCUT2D eigenvalue weighted by Gasteiger charge is 2.07. The Labute approximate surface area is 111 Å². The van der Waals surface area contributed by atoms with Crippen LogP contribution in [0, 0.1) is 0 Å². The summed E-state index contributed by atoms with van der Waals surface area (Å²) in [4.78, 5) is 0. The monoisotopic (exact) mass is 266 g/mol. The van der Waals surface area contributed by atoms with E-state index in [1.54, 1.807) is 6.92 Å². The first-order valence-corrected chi connectivity index (χ1v) is 6.37. The fraction of sp³-hybridized carbons (Fsp3) is 0.286. The van der Waals surface area contributed by atoms with Gasteiger partial charge in [0, 0.05) is 10.6 Å². The summed E-state index contributed by atoms with van der Waals surface area (Å²) in [6.45, 7) is 3.18. The lowest BCUT2D eigenvalue weighted by atomic mass is 10.2. The molecule has 0 aliphatic carbocycles. The van der Waals surface area contributed by atoms with Crippen molar-refractivity contribution in [2.45, 2.75) is 19.6 Å². The van der Waals surface area contributed by atoms with Gasteiger partial charge in [0.2, 0.25) is 0 Å². The van der Waals surface area contributed by atoms with Gasteiger partial charge in [-0.1, -0.05) is 23.7 Å². The minimum atomic E-state index is -0.299. The summed E-state index contributed by atoms with van der Waals surface area (Å²) < 4.78 is 5.73. The second-order valence-corrected chi connectivity index (χ2v) is 4.79. The maximum Gasteiger partial charge on any atom is 0.158 e. The molecule has 0 aliphatic rings. The Kier molecular flexibility index (Phi) is 4.42. The maximum atomic E-state index is 9.17. The molecular formula is C14H17ClNO2+. The molecule has 18 heavy (non-hydrogen) atoms. The van der Waals surface area contributed by atoms with Crippen molar-refractivity contribution >= 4 is 11.6 Å². The van der Waals surface area contributed by atoms with E-state index in [-0.39, 0.29) is 6.10 Å². The van der Waals surface area contributed by atoms with Gasteiger partial charge in [0.15, 0.2) is 5.76 Å². The van der Waals surface area contributed by atoms with Crippen molar-refractivity contribution in [2.75, 3.05) is 6.54 Å². The van der Waals surface area contributed by atoms with Gasteiger partial charge in [-0.15, -0.1) is 0 Å². The second-order valence-electron chi connectivity index (χ2n) is 4.35. The summed E-state index contributed by atoms with van der Waals surface area (Å²) >= 11 is 5.94. The van der Waals surface area contributed by atoms with Gasteiger partial charge in [-0.25, -0.2) is 0 Å². The van der Waals surface area contributed by atoms with Gasteiger partial charge in [0.05, 0.1) is 6.10 Å². The van der Waals surface area contributed by atoms with Gasteiger partial charge in [0.1, 0.15) is 18.8 Å². The zero-order valence-electron chi connectivity index (χ0n) is 10.3. The molecule has 3 nitrogen and oxygen atoms in total. The molecule has 2 rings (SSSR count). The molecule has 1 heterocycles. The third-order valence-corrected chi connectivity index (χ3v) is 2.86. The Morgan fingerprint density at radius 2 is 2.17 bits per heavy atom. The van der Waals surface area contributed by atoms with Crippen LogP contribution in [0.3, 0.4) is 0 Å². The number of halogens is 1. The number of benzene rings is 1. The Hall–Kier alpha value is -1.29. The highest BCUT2D eigenvalue weighted by atomic mass is 35.5. The van der Waals surface area contributed by atoms with Crippen molar-refractivity contribution in [1.29, 1.82) is 0 Å². The molecule has 1 aromatic carbocycles. The van der Waals surface area contributed by atoms with Gasteiger partial charge in [-0.3, -0.25) is 0 Å². The molecule has 0 fully saturated rings. The van der Waals surface area contributed by atoms with Crippen LogP contribution in [0.2, 0.25) is 5.02 Å². The molecule has 0 amide bonds. The van der Waals surface area contributed by atoms with Crippen LogP contribution in [-0.2, 0) is 6.54 Å². The van der Waals surface area contributed by atoms with Crippen molar-refractivity contribution < 1.29 is 14.8 Å². The first-order chi connectivity index (χ1) is 8.65. The molecular weight excluding hydrogens is 250 g/mol. The number of hydrogen-bond donors (Lipinski definition) is 2. The van der Waals surface area contributed by atoms with Gasteiger partial charge in [0.25, 0.3) is 0 Å². The van der Waals surface area contributed by atoms with Crippen LogP contribution in [0.15, 0.2) is 40.8 Å². The number of rotatable bonds is 5. The number of furan rings is 1. The Balaban J connectivity index is 2.02. The smallest absolute Gasteiger partial charge is 0.158 e. The minimum absolute atomic E-state index is 0.299. The Bertz CT molecular complexity index is 508. The third-order valence-electron chi connectivity index (χ3n) is 2.62.